The van der Waals surface area contributed by atoms with Crippen LogP contribution in [0.3, 0.4) is 0 Å². The molecule has 2 atom stereocenters. The Morgan fingerprint density at radius 2 is 2.13 bits per heavy atom. The number of nitrogens with one attached hydrogen (secondary N) is 1. The lowest BCUT2D eigenvalue weighted by Gasteiger charge is -2.26. The number of hydrogen-bond donors (Lipinski definition) is 1. The zero-order chi connectivity index (χ0) is 10.5. The maximum atomic E-state index is 6.01. The second-order valence-electron chi connectivity index (χ2n) is 4.16. The third-order valence-electron chi connectivity index (χ3n) is 2.92. The molecule has 0 radical (unpaired) electrons. The molecule has 1 aliphatic heterocycles. The molecule has 1 aromatic rings. The standard InChI is InChI=1S/C13H19NO/c1-11(12-6-3-2-4-7-12)15-13-8-5-9-14-10-13/h2-4,6-7,11,13-14H,5,8-10H2,1H3/t11-,13-/m1/s1. The van der Waals surface area contributed by atoms with E-state index in [2.05, 4.69) is 36.5 Å². The van der Waals surface area contributed by atoms with Crippen LogP contribution in [0.4, 0.5) is 0 Å². The third kappa shape index (κ3) is 3.05. The van der Waals surface area contributed by atoms with Gasteiger partial charge in [0.25, 0.3) is 0 Å². The van der Waals surface area contributed by atoms with Gasteiger partial charge >= 0.3 is 0 Å². The number of rotatable bonds is 3. The molecule has 0 spiro atoms. The van der Waals surface area contributed by atoms with Crippen LogP contribution in [0.2, 0.25) is 0 Å². The first-order chi connectivity index (χ1) is 7.36. The van der Waals surface area contributed by atoms with E-state index < -0.39 is 0 Å². The predicted octanol–water partition coefficient (Wildman–Crippen LogP) is 2.52. The minimum atomic E-state index is 0.205. The fourth-order valence-electron chi connectivity index (χ4n) is 2.03. The van der Waals surface area contributed by atoms with E-state index in [1.54, 1.807) is 0 Å². The first-order valence-electron chi connectivity index (χ1n) is 5.77. The van der Waals surface area contributed by atoms with Crippen molar-refractivity contribution >= 4 is 0 Å². The van der Waals surface area contributed by atoms with Crippen molar-refractivity contribution in [3.8, 4) is 0 Å². The monoisotopic (exact) mass is 205 g/mol. The molecule has 82 valence electrons. The highest BCUT2D eigenvalue weighted by atomic mass is 16.5. The topological polar surface area (TPSA) is 21.3 Å². The summed E-state index contributed by atoms with van der Waals surface area (Å²) < 4.78 is 6.01. The van der Waals surface area contributed by atoms with Crippen molar-refractivity contribution in [1.82, 2.24) is 5.32 Å². The van der Waals surface area contributed by atoms with E-state index in [4.69, 9.17) is 4.74 Å². The van der Waals surface area contributed by atoms with E-state index in [1.807, 2.05) is 6.07 Å². The predicted molar refractivity (Wildman–Crippen MR) is 61.8 cm³/mol. The molecule has 0 bridgehead atoms. The van der Waals surface area contributed by atoms with Gasteiger partial charge in [0.05, 0.1) is 12.2 Å². The van der Waals surface area contributed by atoms with Crippen LogP contribution in [-0.2, 0) is 4.74 Å². The molecule has 1 aromatic carbocycles. The zero-order valence-corrected chi connectivity index (χ0v) is 9.28. The maximum Gasteiger partial charge on any atom is 0.0801 e. The summed E-state index contributed by atoms with van der Waals surface area (Å²) in [5, 5.41) is 3.37. The summed E-state index contributed by atoms with van der Waals surface area (Å²) in [6, 6.07) is 10.4. The quantitative estimate of drug-likeness (QED) is 0.818. The minimum absolute atomic E-state index is 0.205. The average molecular weight is 205 g/mol. The van der Waals surface area contributed by atoms with Crippen LogP contribution < -0.4 is 5.32 Å². The summed E-state index contributed by atoms with van der Waals surface area (Å²) in [4.78, 5) is 0. The van der Waals surface area contributed by atoms with Gasteiger partial charge in [-0.3, -0.25) is 0 Å². The van der Waals surface area contributed by atoms with Gasteiger partial charge in [-0.15, -0.1) is 0 Å². The average Bonchev–Trinajstić information content (AvgIpc) is 2.31. The van der Waals surface area contributed by atoms with E-state index in [9.17, 15) is 0 Å². The molecule has 15 heavy (non-hydrogen) atoms. The van der Waals surface area contributed by atoms with E-state index >= 15 is 0 Å². The second-order valence-corrected chi connectivity index (χ2v) is 4.16. The summed E-state index contributed by atoms with van der Waals surface area (Å²) in [7, 11) is 0. The smallest absolute Gasteiger partial charge is 0.0801 e. The van der Waals surface area contributed by atoms with E-state index in [-0.39, 0.29) is 6.10 Å². The van der Waals surface area contributed by atoms with Crippen LogP contribution in [0.1, 0.15) is 31.4 Å². The Morgan fingerprint density at radius 1 is 1.33 bits per heavy atom. The van der Waals surface area contributed by atoms with Crippen LogP contribution in [0.15, 0.2) is 30.3 Å². The normalized spacial score (nSPS) is 23.7. The molecule has 1 heterocycles. The summed E-state index contributed by atoms with van der Waals surface area (Å²) in [6.07, 6.45) is 3.00. The molecule has 0 unspecified atom stereocenters. The largest absolute Gasteiger partial charge is 0.369 e. The highest BCUT2D eigenvalue weighted by Gasteiger charge is 2.16. The SMILES string of the molecule is C[C@@H](O[C@@H]1CCCNC1)c1ccccc1. The van der Waals surface area contributed by atoms with Gasteiger partial charge in [-0.2, -0.15) is 0 Å². The molecule has 0 aliphatic carbocycles. The summed E-state index contributed by atoms with van der Waals surface area (Å²) in [5.74, 6) is 0. The molecule has 2 heteroatoms. The molecule has 1 N–H and O–H groups in total. The molecule has 0 amide bonds. The Kier molecular flexibility index (Phi) is 3.75. The van der Waals surface area contributed by atoms with Crippen molar-refractivity contribution in [1.29, 1.82) is 0 Å². The second kappa shape index (κ2) is 5.29. The Labute approximate surface area is 91.6 Å². The molecular formula is C13H19NO. The van der Waals surface area contributed by atoms with Crippen molar-refractivity contribution in [2.24, 2.45) is 0 Å². The van der Waals surface area contributed by atoms with E-state index in [1.165, 1.54) is 18.4 Å². The van der Waals surface area contributed by atoms with Gasteiger partial charge in [0.2, 0.25) is 0 Å². The molecule has 0 aromatic heterocycles. The van der Waals surface area contributed by atoms with Crippen molar-refractivity contribution in [2.45, 2.75) is 32.0 Å². The van der Waals surface area contributed by atoms with Gasteiger partial charge in [-0.05, 0) is 31.9 Å². The van der Waals surface area contributed by atoms with Crippen LogP contribution in [-0.4, -0.2) is 19.2 Å². The molecule has 2 rings (SSSR count). The minimum Gasteiger partial charge on any atom is -0.369 e. The van der Waals surface area contributed by atoms with Gasteiger partial charge < -0.3 is 10.1 Å². The lowest BCUT2D eigenvalue weighted by atomic mass is 10.1. The lowest BCUT2D eigenvalue weighted by molar-refractivity contribution is -0.0149. The first kappa shape index (κ1) is 10.7. The first-order valence-corrected chi connectivity index (χ1v) is 5.77. The number of piperidine rings is 1. The molecule has 1 aliphatic rings. The number of benzene rings is 1. The highest BCUT2D eigenvalue weighted by molar-refractivity contribution is 5.16. The summed E-state index contributed by atoms with van der Waals surface area (Å²) >= 11 is 0. The van der Waals surface area contributed by atoms with Crippen molar-refractivity contribution in [3.05, 3.63) is 35.9 Å². The zero-order valence-electron chi connectivity index (χ0n) is 9.28. The number of hydrogen-bond acceptors (Lipinski definition) is 2. The van der Waals surface area contributed by atoms with Crippen LogP contribution in [0.5, 0.6) is 0 Å². The molecule has 1 saturated heterocycles. The molecule has 0 saturated carbocycles. The van der Waals surface area contributed by atoms with Gasteiger partial charge in [0.15, 0.2) is 0 Å². The van der Waals surface area contributed by atoms with Gasteiger partial charge in [0.1, 0.15) is 0 Å². The van der Waals surface area contributed by atoms with Gasteiger partial charge in [-0.25, -0.2) is 0 Å². The van der Waals surface area contributed by atoms with Gasteiger partial charge in [-0.1, -0.05) is 30.3 Å². The number of ether oxygens (including phenoxy) is 1. The fourth-order valence-corrected chi connectivity index (χ4v) is 2.03. The summed E-state index contributed by atoms with van der Waals surface area (Å²) in [5.41, 5.74) is 1.27. The lowest BCUT2D eigenvalue weighted by Crippen LogP contribution is -2.35. The molecule has 2 nitrogen and oxygen atoms in total. The maximum absolute atomic E-state index is 6.01. The van der Waals surface area contributed by atoms with E-state index in [0.717, 1.165) is 13.1 Å². The van der Waals surface area contributed by atoms with Crippen molar-refractivity contribution < 1.29 is 4.74 Å². The van der Waals surface area contributed by atoms with E-state index in [0.29, 0.717) is 6.10 Å². The van der Waals surface area contributed by atoms with Crippen molar-refractivity contribution in [3.63, 3.8) is 0 Å². The molecular weight excluding hydrogens is 186 g/mol. The highest BCUT2D eigenvalue weighted by Crippen LogP contribution is 2.20. The van der Waals surface area contributed by atoms with Crippen LogP contribution >= 0.6 is 0 Å². The Hall–Kier alpha value is -0.860. The van der Waals surface area contributed by atoms with Gasteiger partial charge in [0, 0.05) is 6.54 Å². The Bertz CT molecular complexity index is 280. The fraction of sp³-hybridized carbons (Fsp3) is 0.538. The van der Waals surface area contributed by atoms with Crippen LogP contribution in [0.25, 0.3) is 0 Å². The van der Waals surface area contributed by atoms with Crippen molar-refractivity contribution in [2.75, 3.05) is 13.1 Å². The summed E-state index contributed by atoms with van der Waals surface area (Å²) in [6.45, 7) is 4.26. The van der Waals surface area contributed by atoms with Crippen LogP contribution in [0, 0.1) is 0 Å². The Balaban J connectivity index is 1.88. The molecule has 1 fully saturated rings. The third-order valence-corrected chi connectivity index (χ3v) is 2.92. The Morgan fingerprint density at radius 3 is 2.80 bits per heavy atom.